The van der Waals surface area contributed by atoms with Gasteiger partial charge in [-0.2, -0.15) is 0 Å². The number of carbonyl (C=O) groups excluding carboxylic acids is 1. The SMILES string of the molecule is Cc1ccc(C(=O)O)cc1NC(=O)CC(C)(C)C(=O)O. The van der Waals surface area contributed by atoms with Crippen LogP contribution in [0.1, 0.15) is 36.2 Å². The number of carbonyl (C=O) groups is 3. The monoisotopic (exact) mass is 279 g/mol. The van der Waals surface area contributed by atoms with Crippen molar-refractivity contribution in [1.29, 1.82) is 0 Å². The van der Waals surface area contributed by atoms with Gasteiger partial charge >= 0.3 is 11.9 Å². The molecule has 0 unspecified atom stereocenters. The molecule has 0 aliphatic carbocycles. The normalized spacial score (nSPS) is 10.9. The van der Waals surface area contributed by atoms with Crippen LogP contribution in [-0.2, 0) is 9.59 Å². The fraction of sp³-hybridized carbons (Fsp3) is 0.357. The van der Waals surface area contributed by atoms with E-state index < -0.39 is 23.3 Å². The van der Waals surface area contributed by atoms with E-state index in [-0.39, 0.29) is 12.0 Å². The number of nitrogens with one attached hydrogen (secondary N) is 1. The van der Waals surface area contributed by atoms with Crippen molar-refractivity contribution in [3.63, 3.8) is 0 Å². The highest BCUT2D eigenvalue weighted by molar-refractivity contribution is 5.96. The van der Waals surface area contributed by atoms with Crippen molar-refractivity contribution in [1.82, 2.24) is 0 Å². The summed E-state index contributed by atoms with van der Waals surface area (Å²) in [5.74, 6) is -2.63. The molecule has 20 heavy (non-hydrogen) atoms. The first kappa shape index (κ1) is 15.7. The highest BCUT2D eigenvalue weighted by atomic mass is 16.4. The van der Waals surface area contributed by atoms with Crippen LogP contribution in [0.3, 0.4) is 0 Å². The van der Waals surface area contributed by atoms with Gasteiger partial charge in [0.1, 0.15) is 0 Å². The summed E-state index contributed by atoms with van der Waals surface area (Å²) in [5.41, 5.74) is -0.0430. The molecule has 0 saturated carbocycles. The van der Waals surface area contributed by atoms with E-state index in [4.69, 9.17) is 10.2 Å². The molecular formula is C14H17NO5. The number of benzene rings is 1. The van der Waals surface area contributed by atoms with Crippen LogP contribution in [0.5, 0.6) is 0 Å². The Hall–Kier alpha value is -2.37. The van der Waals surface area contributed by atoms with Gasteiger partial charge < -0.3 is 15.5 Å². The summed E-state index contributed by atoms with van der Waals surface area (Å²) in [7, 11) is 0. The largest absolute Gasteiger partial charge is 0.481 e. The molecule has 0 saturated heterocycles. The molecule has 1 rings (SSSR count). The minimum absolute atomic E-state index is 0.0587. The van der Waals surface area contributed by atoms with Crippen LogP contribution in [-0.4, -0.2) is 28.1 Å². The molecule has 0 atom stereocenters. The molecule has 0 heterocycles. The summed E-state index contributed by atoms with van der Waals surface area (Å²) in [6, 6.07) is 4.37. The van der Waals surface area contributed by atoms with E-state index in [0.29, 0.717) is 11.3 Å². The molecule has 0 radical (unpaired) electrons. The molecule has 3 N–H and O–H groups in total. The smallest absolute Gasteiger partial charge is 0.335 e. The van der Waals surface area contributed by atoms with Crippen LogP contribution in [0, 0.1) is 12.3 Å². The van der Waals surface area contributed by atoms with Crippen molar-refractivity contribution in [2.75, 3.05) is 5.32 Å². The Bertz CT molecular complexity index is 563. The van der Waals surface area contributed by atoms with E-state index in [1.807, 2.05) is 0 Å². The molecule has 0 aromatic heterocycles. The predicted molar refractivity (Wildman–Crippen MR) is 72.8 cm³/mol. The van der Waals surface area contributed by atoms with Crippen LogP contribution in [0.25, 0.3) is 0 Å². The van der Waals surface area contributed by atoms with Crippen molar-refractivity contribution >= 4 is 23.5 Å². The summed E-state index contributed by atoms with van der Waals surface area (Å²) in [6.07, 6.45) is -0.195. The summed E-state index contributed by atoms with van der Waals surface area (Å²) in [4.78, 5) is 33.7. The summed E-state index contributed by atoms with van der Waals surface area (Å²) >= 11 is 0. The van der Waals surface area contributed by atoms with Gasteiger partial charge in [0.05, 0.1) is 11.0 Å². The van der Waals surface area contributed by atoms with E-state index in [2.05, 4.69) is 5.32 Å². The number of rotatable bonds is 5. The molecule has 0 aliphatic rings. The van der Waals surface area contributed by atoms with Crippen LogP contribution < -0.4 is 5.32 Å². The number of aromatic carboxylic acids is 1. The van der Waals surface area contributed by atoms with Gasteiger partial charge in [0.25, 0.3) is 0 Å². The van der Waals surface area contributed by atoms with Gasteiger partial charge in [-0.25, -0.2) is 4.79 Å². The minimum Gasteiger partial charge on any atom is -0.481 e. The number of hydrogen-bond acceptors (Lipinski definition) is 3. The Kier molecular flexibility index (Phi) is 4.49. The highest BCUT2D eigenvalue weighted by Gasteiger charge is 2.30. The number of carboxylic acids is 2. The van der Waals surface area contributed by atoms with Gasteiger partial charge in [0.15, 0.2) is 0 Å². The summed E-state index contributed by atoms with van der Waals surface area (Å²) < 4.78 is 0. The van der Waals surface area contributed by atoms with Crippen molar-refractivity contribution in [2.24, 2.45) is 5.41 Å². The molecule has 0 aliphatic heterocycles. The summed E-state index contributed by atoms with van der Waals surface area (Å²) in [5, 5.41) is 20.4. The molecule has 1 aromatic rings. The van der Waals surface area contributed by atoms with Crippen molar-refractivity contribution in [3.05, 3.63) is 29.3 Å². The second kappa shape index (κ2) is 5.73. The zero-order valence-corrected chi connectivity index (χ0v) is 11.6. The van der Waals surface area contributed by atoms with Gasteiger partial charge in [-0.15, -0.1) is 0 Å². The number of amides is 1. The standard InChI is InChI=1S/C14H17NO5/c1-8-4-5-9(12(17)18)6-10(8)15-11(16)7-14(2,3)13(19)20/h4-6H,7H2,1-3H3,(H,15,16)(H,17,18)(H,19,20). The number of anilines is 1. The van der Waals surface area contributed by atoms with E-state index >= 15 is 0 Å². The fourth-order valence-electron chi connectivity index (χ4n) is 1.56. The Labute approximate surface area is 116 Å². The van der Waals surface area contributed by atoms with E-state index in [1.165, 1.54) is 26.0 Å². The summed E-state index contributed by atoms with van der Waals surface area (Å²) in [6.45, 7) is 4.63. The van der Waals surface area contributed by atoms with Gasteiger partial charge in [0, 0.05) is 12.1 Å². The maximum atomic E-state index is 11.8. The molecule has 6 heteroatoms. The quantitative estimate of drug-likeness (QED) is 0.766. The predicted octanol–water partition coefficient (Wildman–Crippen LogP) is 2.13. The Morgan fingerprint density at radius 3 is 2.30 bits per heavy atom. The third-order valence-electron chi connectivity index (χ3n) is 2.94. The molecular weight excluding hydrogens is 262 g/mol. The first-order chi connectivity index (χ1) is 9.13. The average molecular weight is 279 g/mol. The number of hydrogen-bond donors (Lipinski definition) is 3. The fourth-order valence-corrected chi connectivity index (χ4v) is 1.56. The minimum atomic E-state index is -1.18. The molecule has 6 nitrogen and oxygen atoms in total. The molecule has 0 fully saturated rings. The van der Waals surface area contributed by atoms with Crippen LogP contribution in [0.15, 0.2) is 18.2 Å². The van der Waals surface area contributed by atoms with E-state index in [1.54, 1.807) is 13.0 Å². The maximum absolute atomic E-state index is 11.8. The number of carboxylic acid groups (broad SMARTS) is 2. The van der Waals surface area contributed by atoms with Crippen LogP contribution in [0.4, 0.5) is 5.69 Å². The third-order valence-corrected chi connectivity index (χ3v) is 2.94. The lowest BCUT2D eigenvalue weighted by Gasteiger charge is -2.18. The lowest BCUT2D eigenvalue weighted by Crippen LogP contribution is -2.29. The lowest BCUT2D eigenvalue weighted by atomic mass is 9.89. The average Bonchev–Trinajstić information content (AvgIpc) is 2.30. The molecule has 1 amide bonds. The second-order valence-electron chi connectivity index (χ2n) is 5.25. The maximum Gasteiger partial charge on any atom is 0.335 e. The van der Waals surface area contributed by atoms with Crippen molar-refractivity contribution in [3.8, 4) is 0 Å². The molecule has 0 spiro atoms. The second-order valence-corrected chi connectivity index (χ2v) is 5.25. The third kappa shape index (κ3) is 3.81. The van der Waals surface area contributed by atoms with Crippen LogP contribution in [0.2, 0.25) is 0 Å². The number of aliphatic carboxylic acids is 1. The zero-order valence-electron chi connectivity index (χ0n) is 11.6. The zero-order chi connectivity index (χ0) is 15.5. The Balaban J connectivity index is 2.88. The first-order valence-corrected chi connectivity index (χ1v) is 6.00. The first-order valence-electron chi connectivity index (χ1n) is 6.00. The van der Waals surface area contributed by atoms with E-state index in [9.17, 15) is 14.4 Å². The topological polar surface area (TPSA) is 104 Å². The van der Waals surface area contributed by atoms with Gasteiger partial charge in [0.2, 0.25) is 5.91 Å². The van der Waals surface area contributed by atoms with Crippen LogP contribution >= 0.6 is 0 Å². The Morgan fingerprint density at radius 2 is 1.80 bits per heavy atom. The van der Waals surface area contributed by atoms with Gasteiger partial charge in [-0.3, -0.25) is 9.59 Å². The molecule has 0 bridgehead atoms. The molecule has 1 aromatic carbocycles. The van der Waals surface area contributed by atoms with Crippen molar-refractivity contribution < 1.29 is 24.6 Å². The van der Waals surface area contributed by atoms with Gasteiger partial charge in [-0.05, 0) is 38.5 Å². The van der Waals surface area contributed by atoms with Gasteiger partial charge in [-0.1, -0.05) is 6.07 Å². The lowest BCUT2D eigenvalue weighted by molar-refractivity contribution is -0.148. The number of aryl methyl sites for hydroxylation is 1. The van der Waals surface area contributed by atoms with E-state index in [0.717, 1.165) is 0 Å². The molecule has 108 valence electrons. The Morgan fingerprint density at radius 1 is 1.20 bits per heavy atom. The van der Waals surface area contributed by atoms with Crippen molar-refractivity contribution in [2.45, 2.75) is 27.2 Å². The highest BCUT2D eigenvalue weighted by Crippen LogP contribution is 2.23.